The average Bonchev–Trinajstić information content (AvgIpc) is 3.42. The lowest BCUT2D eigenvalue weighted by Gasteiger charge is -2.32. The highest BCUT2D eigenvalue weighted by molar-refractivity contribution is 5.78. The van der Waals surface area contributed by atoms with Crippen LogP contribution < -0.4 is 0 Å². The molecule has 0 radical (unpaired) electrons. The van der Waals surface area contributed by atoms with Crippen molar-refractivity contribution in [2.75, 3.05) is 26.7 Å². The first-order chi connectivity index (χ1) is 13.2. The van der Waals surface area contributed by atoms with Crippen LogP contribution in [0.2, 0.25) is 0 Å². The summed E-state index contributed by atoms with van der Waals surface area (Å²) in [5, 5.41) is 4.13. The molecule has 0 unspecified atom stereocenters. The summed E-state index contributed by atoms with van der Waals surface area (Å²) >= 11 is 0. The van der Waals surface area contributed by atoms with Crippen LogP contribution in [-0.2, 0) is 17.8 Å². The summed E-state index contributed by atoms with van der Waals surface area (Å²) in [6, 6.07) is 3.97. The van der Waals surface area contributed by atoms with Crippen LogP contribution >= 0.6 is 0 Å². The summed E-state index contributed by atoms with van der Waals surface area (Å²) in [6.45, 7) is 2.84. The van der Waals surface area contributed by atoms with E-state index in [4.69, 9.17) is 4.52 Å². The van der Waals surface area contributed by atoms with Gasteiger partial charge < -0.3 is 9.42 Å². The highest BCUT2D eigenvalue weighted by Gasteiger charge is 2.30. The minimum atomic E-state index is 0.209. The zero-order chi connectivity index (χ0) is 18.6. The first kappa shape index (κ1) is 18.1. The summed E-state index contributed by atoms with van der Waals surface area (Å²) in [5.41, 5.74) is 1.17. The molecule has 2 aliphatic rings. The number of carbonyl (C=O) groups is 1. The van der Waals surface area contributed by atoms with Crippen molar-refractivity contribution in [2.45, 2.75) is 44.6 Å². The maximum Gasteiger partial charge on any atom is 0.236 e. The van der Waals surface area contributed by atoms with Crippen molar-refractivity contribution in [1.82, 2.24) is 24.9 Å². The van der Waals surface area contributed by atoms with Crippen molar-refractivity contribution < 1.29 is 9.32 Å². The maximum atomic E-state index is 12.6. The van der Waals surface area contributed by atoms with E-state index < -0.39 is 0 Å². The second-order valence-corrected chi connectivity index (χ2v) is 7.88. The molecular formula is C20H27N5O2. The zero-order valence-electron chi connectivity index (χ0n) is 15.9. The summed E-state index contributed by atoms with van der Waals surface area (Å²) in [4.78, 5) is 25.2. The molecule has 7 nitrogen and oxygen atoms in total. The fraction of sp³-hybridized carbons (Fsp3) is 0.600. The quantitative estimate of drug-likeness (QED) is 0.745. The van der Waals surface area contributed by atoms with Crippen molar-refractivity contribution in [2.24, 2.45) is 5.92 Å². The van der Waals surface area contributed by atoms with E-state index in [1.165, 1.54) is 18.4 Å². The molecule has 1 saturated carbocycles. The number of aromatic nitrogens is 3. The number of pyridine rings is 1. The fourth-order valence-corrected chi connectivity index (χ4v) is 3.68. The van der Waals surface area contributed by atoms with Crippen molar-refractivity contribution >= 4 is 5.91 Å². The van der Waals surface area contributed by atoms with E-state index in [1.54, 1.807) is 12.4 Å². The van der Waals surface area contributed by atoms with E-state index in [1.807, 2.05) is 24.1 Å². The first-order valence-electron chi connectivity index (χ1n) is 9.85. The number of likely N-dealkylation sites (tertiary alicyclic amines) is 1. The number of carbonyl (C=O) groups excluding carboxylic acids is 1. The van der Waals surface area contributed by atoms with Crippen molar-refractivity contribution in [3.8, 4) is 0 Å². The van der Waals surface area contributed by atoms with Crippen molar-refractivity contribution in [1.29, 1.82) is 0 Å². The zero-order valence-corrected chi connectivity index (χ0v) is 15.9. The Kier molecular flexibility index (Phi) is 5.48. The number of hydrogen-bond donors (Lipinski definition) is 0. The molecule has 0 N–H and O–H groups in total. The third kappa shape index (κ3) is 4.91. The van der Waals surface area contributed by atoms with Gasteiger partial charge in [0.2, 0.25) is 11.8 Å². The Balaban J connectivity index is 1.20. The van der Waals surface area contributed by atoms with Gasteiger partial charge in [0.05, 0.1) is 6.54 Å². The van der Waals surface area contributed by atoms with Crippen LogP contribution in [-0.4, -0.2) is 57.5 Å². The molecule has 1 saturated heterocycles. The molecule has 4 rings (SSSR count). The van der Waals surface area contributed by atoms with Gasteiger partial charge in [-0.25, -0.2) is 0 Å². The molecule has 0 aromatic carbocycles. The van der Waals surface area contributed by atoms with Crippen LogP contribution in [0.4, 0.5) is 0 Å². The summed E-state index contributed by atoms with van der Waals surface area (Å²) in [6.07, 6.45) is 8.80. The second-order valence-electron chi connectivity index (χ2n) is 7.88. The molecule has 1 amide bonds. The van der Waals surface area contributed by atoms with E-state index in [2.05, 4.69) is 20.0 Å². The van der Waals surface area contributed by atoms with Gasteiger partial charge in [-0.15, -0.1) is 0 Å². The molecule has 0 bridgehead atoms. The van der Waals surface area contributed by atoms with E-state index in [0.29, 0.717) is 18.4 Å². The number of hydrogen-bond acceptors (Lipinski definition) is 6. The lowest BCUT2D eigenvalue weighted by atomic mass is 9.93. The third-order valence-corrected chi connectivity index (χ3v) is 5.46. The Morgan fingerprint density at radius 1 is 1.22 bits per heavy atom. The Bertz CT molecular complexity index is 751. The first-order valence-corrected chi connectivity index (χ1v) is 9.85. The van der Waals surface area contributed by atoms with E-state index in [-0.39, 0.29) is 5.91 Å². The van der Waals surface area contributed by atoms with Gasteiger partial charge in [-0.2, -0.15) is 4.98 Å². The average molecular weight is 369 g/mol. The van der Waals surface area contributed by atoms with Crippen LogP contribution in [0.1, 0.15) is 48.9 Å². The van der Waals surface area contributed by atoms with Gasteiger partial charge in [-0.3, -0.25) is 14.7 Å². The van der Waals surface area contributed by atoms with Gasteiger partial charge in [0, 0.05) is 44.4 Å². The third-order valence-electron chi connectivity index (χ3n) is 5.46. The lowest BCUT2D eigenvalue weighted by Crippen LogP contribution is -2.43. The lowest BCUT2D eigenvalue weighted by molar-refractivity contribution is -0.133. The highest BCUT2D eigenvalue weighted by Crippen LogP contribution is 2.39. The topological polar surface area (TPSA) is 75.4 Å². The SMILES string of the molecule is CN(CC(=O)N1CCC(Cc2noc(C3CC3)n2)CC1)Cc1ccncc1. The highest BCUT2D eigenvalue weighted by atomic mass is 16.5. The van der Waals surface area contributed by atoms with Crippen LogP contribution in [0.25, 0.3) is 0 Å². The standard InChI is InChI=1S/C20H27N5O2/c1-24(13-16-4-8-21-9-5-16)14-19(26)25-10-6-15(7-11-25)12-18-22-20(27-23-18)17-2-3-17/h4-5,8-9,15,17H,2-3,6-7,10-14H2,1H3. The smallest absolute Gasteiger partial charge is 0.236 e. The number of rotatable bonds is 7. The second kappa shape index (κ2) is 8.17. The van der Waals surface area contributed by atoms with Crippen molar-refractivity contribution in [3.05, 3.63) is 41.8 Å². The normalized spacial score (nSPS) is 18.2. The number of piperidine rings is 1. The van der Waals surface area contributed by atoms with Crippen LogP contribution in [0.15, 0.2) is 29.0 Å². The molecule has 2 fully saturated rings. The molecule has 3 heterocycles. The molecule has 1 aliphatic carbocycles. The molecule has 2 aromatic heterocycles. The summed E-state index contributed by atoms with van der Waals surface area (Å²) in [5.74, 6) is 2.90. The van der Waals surface area contributed by atoms with Gasteiger partial charge in [-0.1, -0.05) is 5.16 Å². The predicted octanol–water partition coefficient (Wildman–Crippen LogP) is 2.26. The van der Waals surface area contributed by atoms with Gasteiger partial charge in [0.1, 0.15) is 0 Å². The molecule has 0 atom stereocenters. The van der Waals surface area contributed by atoms with E-state index in [9.17, 15) is 4.79 Å². The molecule has 144 valence electrons. The predicted molar refractivity (Wildman–Crippen MR) is 99.9 cm³/mol. The van der Waals surface area contributed by atoms with Crippen LogP contribution in [0.5, 0.6) is 0 Å². The summed E-state index contributed by atoms with van der Waals surface area (Å²) in [7, 11) is 1.98. The monoisotopic (exact) mass is 369 g/mol. The molecular weight excluding hydrogens is 342 g/mol. The minimum Gasteiger partial charge on any atom is -0.342 e. The number of nitrogens with zero attached hydrogens (tertiary/aromatic N) is 5. The fourth-order valence-electron chi connectivity index (χ4n) is 3.68. The largest absolute Gasteiger partial charge is 0.342 e. The molecule has 0 spiro atoms. The minimum absolute atomic E-state index is 0.209. The van der Waals surface area contributed by atoms with Crippen LogP contribution in [0.3, 0.4) is 0 Å². The van der Waals surface area contributed by atoms with Crippen LogP contribution in [0, 0.1) is 5.92 Å². The Morgan fingerprint density at radius 3 is 2.67 bits per heavy atom. The van der Waals surface area contributed by atoms with Gasteiger partial charge in [0.25, 0.3) is 0 Å². The Hall–Kier alpha value is -2.28. The van der Waals surface area contributed by atoms with E-state index >= 15 is 0 Å². The summed E-state index contributed by atoms with van der Waals surface area (Å²) < 4.78 is 5.35. The van der Waals surface area contributed by atoms with E-state index in [0.717, 1.165) is 50.6 Å². The van der Waals surface area contributed by atoms with Gasteiger partial charge in [0.15, 0.2) is 5.82 Å². The molecule has 1 aliphatic heterocycles. The Morgan fingerprint density at radius 2 is 1.96 bits per heavy atom. The maximum absolute atomic E-state index is 12.6. The van der Waals surface area contributed by atoms with Gasteiger partial charge in [-0.05, 0) is 56.3 Å². The molecule has 7 heteroatoms. The van der Waals surface area contributed by atoms with Crippen molar-refractivity contribution in [3.63, 3.8) is 0 Å². The number of amides is 1. The molecule has 27 heavy (non-hydrogen) atoms. The number of likely N-dealkylation sites (N-methyl/N-ethyl adjacent to an activating group) is 1. The Labute approximate surface area is 159 Å². The van der Waals surface area contributed by atoms with Gasteiger partial charge >= 0.3 is 0 Å². The molecule has 2 aromatic rings.